The molecule has 11 heteroatoms. The van der Waals surface area contributed by atoms with E-state index in [1.54, 1.807) is 6.07 Å². The fourth-order valence-corrected chi connectivity index (χ4v) is 5.18. The maximum absolute atomic E-state index is 14.6. The summed E-state index contributed by atoms with van der Waals surface area (Å²) < 4.78 is 56.2. The van der Waals surface area contributed by atoms with E-state index in [9.17, 15) is 17.2 Å². The average molecular weight is 485 g/mol. The highest BCUT2D eigenvalue weighted by Crippen LogP contribution is 2.30. The number of hydrogen-bond donors (Lipinski definition) is 2. The Balaban J connectivity index is 1.53. The molecule has 2 aromatic carbocycles. The zero-order valence-corrected chi connectivity index (χ0v) is 18.6. The summed E-state index contributed by atoms with van der Waals surface area (Å²) >= 11 is 7.41. The molecule has 0 atom stereocenters. The molecule has 1 aliphatic rings. The van der Waals surface area contributed by atoms with Crippen LogP contribution in [-0.4, -0.2) is 31.4 Å². The third-order valence-electron chi connectivity index (χ3n) is 5.00. The number of nitrogens with zero attached hydrogens (tertiary/aromatic N) is 2. The van der Waals surface area contributed by atoms with E-state index in [0.717, 1.165) is 37.2 Å². The summed E-state index contributed by atoms with van der Waals surface area (Å²) in [7, 11) is -4.20. The number of aromatic nitrogens is 1. The molecule has 164 valence electrons. The molecule has 0 spiro atoms. The van der Waals surface area contributed by atoms with Crippen LogP contribution in [0.25, 0.3) is 0 Å². The first-order valence-electron chi connectivity index (χ1n) is 9.46. The molecule has 3 aromatic rings. The number of rotatable bonds is 8. The molecule has 1 aromatic heterocycles. The fourth-order valence-electron chi connectivity index (χ4n) is 3.24. The number of hydrogen-bond acceptors (Lipinski definition) is 6. The second-order valence-corrected chi connectivity index (χ2v) is 9.88. The monoisotopic (exact) mass is 484 g/mol. The van der Waals surface area contributed by atoms with Crippen LogP contribution < -0.4 is 10.0 Å². The summed E-state index contributed by atoms with van der Waals surface area (Å²) in [4.78, 5) is 5.44. The number of sulfonamides is 1. The predicted octanol–water partition coefficient (Wildman–Crippen LogP) is 4.69. The third kappa shape index (κ3) is 4.98. The lowest BCUT2D eigenvalue weighted by atomic mass is 10.0. The third-order valence-corrected chi connectivity index (χ3v) is 7.27. The number of thiazole rings is 1. The quantitative estimate of drug-likeness (QED) is 0.485. The highest BCUT2D eigenvalue weighted by molar-refractivity contribution is 7.92. The second-order valence-electron chi connectivity index (χ2n) is 7.10. The molecule has 0 unspecified atom stereocenters. The minimum atomic E-state index is -4.20. The summed E-state index contributed by atoms with van der Waals surface area (Å²) in [6.07, 6.45) is 1.13. The molecule has 0 bridgehead atoms. The largest absolute Gasteiger partial charge is 0.380 e. The predicted molar refractivity (Wildman–Crippen MR) is 118 cm³/mol. The minimum Gasteiger partial charge on any atom is -0.380 e. The van der Waals surface area contributed by atoms with Gasteiger partial charge in [0.2, 0.25) is 0 Å². The molecule has 1 saturated heterocycles. The van der Waals surface area contributed by atoms with Crippen LogP contribution in [0.15, 0.2) is 46.1 Å². The van der Waals surface area contributed by atoms with Crippen molar-refractivity contribution >= 4 is 44.5 Å². The van der Waals surface area contributed by atoms with Crippen molar-refractivity contribution in [2.24, 2.45) is 0 Å². The molecule has 31 heavy (non-hydrogen) atoms. The van der Waals surface area contributed by atoms with Gasteiger partial charge in [0.05, 0.1) is 16.2 Å². The van der Waals surface area contributed by atoms with Crippen molar-refractivity contribution in [3.63, 3.8) is 0 Å². The van der Waals surface area contributed by atoms with Gasteiger partial charge in [-0.05, 0) is 43.3 Å². The first-order chi connectivity index (χ1) is 14.8. The molecule has 6 nitrogen and oxygen atoms in total. The van der Waals surface area contributed by atoms with E-state index in [1.807, 2.05) is 6.07 Å². The average Bonchev–Trinajstić information content (AvgIpc) is 3.18. The Morgan fingerprint density at radius 3 is 2.68 bits per heavy atom. The van der Waals surface area contributed by atoms with Crippen molar-refractivity contribution in [1.29, 1.82) is 0 Å². The van der Waals surface area contributed by atoms with Gasteiger partial charge in [0, 0.05) is 24.0 Å². The van der Waals surface area contributed by atoms with E-state index in [2.05, 4.69) is 19.9 Å². The number of likely N-dealkylation sites (tertiary alicyclic amines) is 1. The summed E-state index contributed by atoms with van der Waals surface area (Å²) in [5, 5.41) is 4.41. The number of anilines is 2. The SMILES string of the molecule is O=S(=O)(Nc1cscn1)c1cc(Cl)c(NCc2c(F)cccc2CN2CCC2)cc1F. The molecule has 0 amide bonds. The topological polar surface area (TPSA) is 74.3 Å². The Morgan fingerprint density at radius 1 is 1.19 bits per heavy atom. The Morgan fingerprint density at radius 2 is 2.00 bits per heavy atom. The van der Waals surface area contributed by atoms with Gasteiger partial charge in [-0.3, -0.25) is 9.62 Å². The Hall–Kier alpha value is -2.27. The maximum Gasteiger partial charge on any atom is 0.266 e. The van der Waals surface area contributed by atoms with E-state index in [0.29, 0.717) is 12.1 Å². The van der Waals surface area contributed by atoms with Crippen LogP contribution in [0.2, 0.25) is 5.02 Å². The van der Waals surface area contributed by atoms with E-state index < -0.39 is 20.7 Å². The molecule has 0 saturated carbocycles. The smallest absolute Gasteiger partial charge is 0.266 e. The van der Waals surface area contributed by atoms with Crippen molar-refractivity contribution in [2.75, 3.05) is 23.1 Å². The highest BCUT2D eigenvalue weighted by atomic mass is 35.5. The molecular weight excluding hydrogens is 466 g/mol. The van der Waals surface area contributed by atoms with Crippen LogP contribution in [0.4, 0.5) is 20.3 Å². The molecule has 0 radical (unpaired) electrons. The summed E-state index contributed by atoms with van der Waals surface area (Å²) in [6.45, 7) is 2.67. The maximum atomic E-state index is 14.6. The lowest BCUT2D eigenvalue weighted by Crippen LogP contribution is -2.36. The first-order valence-corrected chi connectivity index (χ1v) is 12.3. The van der Waals surface area contributed by atoms with Gasteiger partial charge >= 0.3 is 0 Å². The van der Waals surface area contributed by atoms with E-state index in [4.69, 9.17) is 11.6 Å². The minimum absolute atomic E-state index is 0.000634. The first kappa shape index (κ1) is 21.9. The van der Waals surface area contributed by atoms with Crippen molar-refractivity contribution < 1.29 is 17.2 Å². The second kappa shape index (κ2) is 9.07. The van der Waals surface area contributed by atoms with Gasteiger partial charge in [-0.2, -0.15) is 0 Å². The normalized spacial score (nSPS) is 14.3. The molecular formula is C20H19ClF2N4O2S2. The van der Waals surface area contributed by atoms with Crippen LogP contribution in [0.1, 0.15) is 17.5 Å². The lowest BCUT2D eigenvalue weighted by molar-refractivity contribution is 0.172. The van der Waals surface area contributed by atoms with Gasteiger partial charge in [0.15, 0.2) is 5.82 Å². The number of nitrogens with one attached hydrogen (secondary N) is 2. The molecule has 1 fully saturated rings. The van der Waals surface area contributed by atoms with Crippen LogP contribution in [-0.2, 0) is 23.1 Å². The van der Waals surface area contributed by atoms with Gasteiger partial charge in [-0.1, -0.05) is 23.7 Å². The van der Waals surface area contributed by atoms with Gasteiger partial charge < -0.3 is 5.32 Å². The molecule has 4 rings (SSSR count). The molecule has 2 N–H and O–H groups in total. The summed E-state index contributed by atoms with van der Waals surface area (Å²) in [5.41, 5.74) is 2.93. The summed E-state index contributed by atoms with van der Waals surface area (Å²) in [6, 6.07) is 6.92. The van der Waals surface area contributed by atoms with Gasteiger partial charge in [0.1, 0.15) is 16.5 Å². The van der Waals surface area contributed by atoms with Crippen molar-refractivity contribution in [2.45, 2.75) is 24.4 Å². The van der Waals surface area contributed by atoms with Crippen molar-refractivity contribution in [3.05, 3.63) is 69.0 Å². The van der Waals surface area contributed by atoms with Crippen molar-refractivity contribution in [1.82, 2.24) is 9.88 Å². The zero-order valence-electron chi connectivity index (χ0n) is 16.2. The van der Waals surface area contributed by atoms with Crippen LogP contribution in [0.3, 0.4) is 0 Å². The Bertz CT molecular complexity index is 1190. The van der Waals surface area contributed by atoms with E-state index in [1.165, 1.54) is 28.3 Å². The van der Waals surface area contributed by atoms with Crippen LogP contribution in [0, 0.1) is 11.6 Å². The van der Waals surface area contributed by atoms with Gasteiger partial charge in [-0.25, -0.2) is 22.2 Å². The van der Waals surface area contributed by atoms with Crippen LogP contribution in [0.5, 0.6) is 0 Å². The standard InChI is InChI=1S/C20H19ClF2N4O2S2/c21-15-7-19(31(28,29)26-20-11-30-12-25-20)17(23)8-18(15)24-9-14-13(3-1-4-16(14)22)10-27-5-2-6-27/h1,3-4,7-8,11-12,24,26H,2,5-6,9-10H2. The Kier molecular flexibility index (Phi) is 6.42. The van der Waals surface area contributed by atoms with Gasteiger partial charge in [-0.15, -0.1) is 11.3 Å². The highest BCUT2D eigenvalue weighted by Gasteiger charge is 2.23. The lowest BCUT2D eigenvalue weighted by Gasteiger charge is -2.31. The molecule has 0 aliphatic carbocycles. The Labute approximate surface area is 187 Å². The number of halogens is 3. The van der Waals surface area contributed by atoms with Gasteiger partial charge in [0.25, 0.3) is 10.0 Å². The van der Waals surface area contributed by atoms with Crippen LogP contribution >= 0.6 is 22.9 Å². The zero-order chi connectivity index (χ0) is 22.0. The van der Waals surface area contributed by atoms with E-state index in [-0.39, 0.29) is 28.9 Å². The number of benzene rings is 2. The molecule has 1 aliphatic heterocycles. The summed E-state index contributed by atoms with van der Waals surface area (Å²) in [5.74, 6) is -1.25. The molecule has 2 heterocycles. The fraction of sp³-hybridized carbons (Fsp3) is 0.250. The van der Waals surface area contributed by atoms with E-state index >= 15 is 0 Å². The van der Waals surface area contributed by atoms with Crippen molar-refractivity contribution in [3.8, 4) is 0 Å².